The van der Waals surface area contributed by atoms with Crippen LogP contribution in [-0.2, 0) is 0 Å². The molecule has 2 heterocycles. The van der Waals surface area contributed by atoms with Gasteiger partial charge in [-0.15, -0.1) is 0 Å². The maximum absolute atomic E-state index is 13.1. The first-order chi connectivity index (χ1) is 14.5. The molecule has 3 amide bonds. The summed E-state index contributed by atoms with van der Waals surface area (Å²) in [6.45, 7) is 1.89. The van der Waals surface area contributed by atoms with Crippen molar-refractivity contribution in [3.8, 4) is 11.5 Å². The first-order valence-electron chi connectivity index (χ1n) is 9.42. The fourth-order valence-corrected chi connectivity index (χ4v) is 3.27. The summed E-state index contributed by atoms with van der Waals surface area (Å²) in [6, 6.07) is 19.1. The number of fused-ring (bicyclic) bond motifs is 1. The molecule has 4 aromatic rings. The number of hydrogen-bond donors (Lipinski definition) is 3. The topological polar surface area (TPSA) is 110 Å². The van der Waals surface area contributed by atoms with E-state index in [1.165, 1.54) is 0 Å². The van der Waals surface area contributed by atoms with Gasteiger partial charge in [0.25, 0.3) is 5.91 Å². The number of primary amides is 1. The molecule has 0 aliphatic rings. The molecule has 7 heteroatoms. The Labute approximate surface area is 172 Å². The van der Waals surface area contributed by atoms with Crippen LogP contribution >= 0.6 is 0 Å². The van der Waals surface area contributed by atoms with Crippen LogP contribution in [0.2, 0.25) is 0 Å². The first kappa shape index (κ1) is 19.2. The van der Waals surface area contributed by atoms with Crippen molar-refractivity contribution in [1.29, 1.82) is 0 Å². The monoisotopic (exact) mass is 400 g/mol. The molecule has 0 bridgehead atoms. The second-order valence-corrected chi connectivity index (χ2v) is 6.86. The van der Waals surface area contributed by atoms with Gasteiger partial charge < -0.3 is 20.8 Å². The van der Waals surface area contributed by atoms with Crippen molar-refractivity contribution >= 4 is 28.5 Å². The zero-order valence-electron chi connectivity index (χ0n) is 16.3. The highest BCUT2D eigenvalue weighted by molar-refractivity contribution is 6.07. The van der Waals surface area contributed by atoms with E-state index in [0.29, 0.717) is 28.2 Å². The molecule has 30 heavy (non-hydrogen) atoms. The number of anilines is 1. The summed E-state index contributed by atoms with van der Waals surface area (Å²) < 4.78 is 5.46. The van der Waals surface area contributed by atoms with Crippen molar-refractivity contribution in [1.82, 2.24) is 10.3 Å². The van der Waals surface area contributed by atoms with Crippen LogP contribution in [0.1, 0.15) is 28.9 Å². The quantitative estimate of drug-likeness (QED) is 0.459. The number of para-hydroxylation sites is 1. The second-order valence-electron chi connectivity index (χ2n) is 6.86. The van der Waals surface area contributed by atoms with Crippen molar-refractivity contribution in [2.75, 3.05) is 5.32 Å². The van der Waals surface area contributed by atoms with Crippen LogP contribution in [0.5, 0.6) is 0 Å². The van der Waals surface area contributed by atoms with Crippen LogP contribution in [0.4, 0.5) is 10.5 Å². The molecular weight excluding hydrogens is 380 g/mol. The Morgan fingerprint density at radius 2 is 1.80 bits per heavy atom. The van der Waals surface area contributed by atoms with Crippen LogP contribution < -0.4 is 16.4 Å². The molecule has 0 saturated carbocycles. The van der Waals surface area contributed by atoms with E-state index in [0.717, 1.165) is 10.9 Å². The van der Waals surface area contributed by atoms with Crippen LogP contribution in [0, 0.1) is 0 Å². The summed E-state index contributed by atoms with van der Waals surface area (Å²) in [4.78, 5) is 28.7. The molecule has 7 nitrogen and oxygen atoms in total. The van der Waals surface area contributed by atoms with Crippen LogP contribution in [0.15, 0.2) is 77.4 Å². The average molecular weight is 400 g/mol. The zero-order valence-corrected chi connectivity index (χ0v) is 16.3. The van der Waals surface area contributed by atoms with Gasteiger partial charge in [0.1, 0.15) is 5.69 Å². The minimum absolute atomic E-state index is 0.215. The predicted octanol–water partition coefficient (Wildman–Crippen LogP) is 4.48. The Morgan fingerprint density at radius 1 is 1.03 bits per heavy atom. The van der Waals surface area contributed by atoms with Crippen molar-refractivity contribution in [2.45, 2.75) is 13.0 Å². The molecule has 1 atom stereocenters. The third kappa shape index (κ3) is 4.00. The number of pyridine rings is 1. The Morgan fingerprint density at radius 3 is 2.50 bits per heavy atom. The molecule has 4 N–H and O–H groups in total. The predicted molar refractivity (Wildman–Crippen MR) is 115 cm³/mol. The highest BCUT2D eigenvalue weighted by Crippen LogP contribution is 2.26. The van der Waals surface area contributed by atoms with E-state index in [1.54, 1.807) is 30.5 Å². The van der Waals surface area contributed by atoms with E-state index < -0.39 is 6.03 Å². The fraction of sp³-hybridized carbons (Fsp3) is 0.0870. The molecule has 2 aromatic carbocycles. The van der Waals surface area contributed by atoms with E-state index in [2.05, 4.69) is 15.6 Å². The lowest BCUT2D eigenvalue weighted by Gasteiger charge is -2.16. The van der Waals surface area contributed by atoms with Gasteiger partial charge in [0, 0.05) is 11.1 Å². The summed E-state index contributed by atoms with van der Waals surface area (Å²) in [5, 5.41) is 6.30. The SMILES string of the molecule is CC(NC(=O)c1cc(-c2ccco2)nc2ccccc12)c1ccc(NC(N)=O)cc1. The molecule has 1 unspecified atom stereocenters. The molecule has 0 spiro atoms. The Balaban J connectivity index is 1.62. The fourth-order valence-electron chi connectivity index (χ4n) is 3.27. The lowest BCUT2D eigenvalue weighted by atomic mass is 10.0. The van der Waals surface area contributed by atoms with Crippen molar-refractivity contribution in [2.24, 2.45) is 5.73 Å². The van der Waals surface area contributed by atoms with Gasteiger partial charge >= 0.3 is 6.03 Å². The molecule has 0 aliphatic carbocycles. The van der Waals surface area contributed by atoms with Crippen LogP contribution in [0.3, 0.4) is 0 Å². The van der Waals surface area contributed by atoms with Gasteiger partial charge in [-0.1, -0.05) is 30.3 Å². The summed E-state index contributed by atoms with van der Waals surface area (Å²) in [5.41, 5.74) is 8.44. The number of hydrogen-bond acceptors (Lipinski definition) is 4. The third-order valence-electron chi connectivity index (χ3n) is 4.76. The number of aromatic nitrogens is 1. The third-order valence-corrected chi connectivity index (χ3v) is 4.76. The highest BCUT2D eigenvalue weighted by atomic mass is 16.3. The summed E-state index contributed by atoms with van der Waals surface area (Å²) in [5.74, 6) is 0.383. The van der Waals surface area contributed by atoms with Gasteiger partial charge in [0.05, 0.1) is 23.4 Å². The van der Waals surface area contributed by atoms with Crippen molar-refractivity contribution in [3.05, 3.63) is 84.1 Å². The van der Waals surface area contributed by atoms with Gasteiger partial charge in [0.15, 0.2) is 5.76 Å². The smallest absolute Gasteiger partial charge is 0.316 e. The normalized spacial score (nSPS) is 11.8. The van der Waals surface area contributed by atoms with Gasteiger partial charge in [-0.2, -0.15) is 0 Å². The number of benzene rings is 2. The number of urea groups is 1. The number of nitrogens with zero attached hydrogens (tertiary/aromatic N) is 1. The molecule has 0 radical (unpaired) electrons. The Kier molecular flexibility index (Phi) is 5.17. The Hall–Kier alpha value is -4.13. The highest BCUT2D eigenvalue weighted by Gasteiger charge is 2.17. The average Bonchev–Trinajstić information content (AvgIpc) is 3.28. The lowest BCUT2D eigenvalue weighted by molar-refractivity contribution is 0.0941. The van der Waals surface area contributed by atoms with Gasteiger partial charge in [-0.05, 0) is 48.9 Å². The summed E-state index contributed by atoms with van der Waals surface area (Å²) in [6.07, 6.45) is 1.57. The number of carbonyl (C=O) groups is 2. The standard InChI is InChI=1S/C23H20N4O3/c1-14(15-8-10-16(11-9-15)26-23(24)29)25-22(28)18-13-20(21-7-4-12-30-21)27-19-6-3-2-5-17(18)19/h2-14H,1H3,(H,25,28)(H3,24,26,29). The number of rotatable bonds is 5. The molecular formula is C23H20N4O3. The molecule has 0 fully saturated rings. The van der Waals surface area contributed by atoms with Gasteiger partial charge in [0.2, 0.25) is 0 Å². The maximum atomic E-state index is 13.1. The molecule has 150 valence electrons. The largest absolute Gasteiger partial charge is 0.463 e. The number of furan rings is 1. The molecule has 4 rings (SSSR count). The second kappa shape index (κ2) is 8.08. The van der Waals surface area contributed by atoms with E-state index in [1.807, 2.05) is 49.4 Å². The number of carbonyl (C=O) groups excluding carboxylic acids is 2. The van der Waals surface area contributed by atoms with Crippen LogP contribution in [0.25, 0.3) is 22.4 Å². The van der Waals surface area contributed by atoms with E-state index in [4.69, 9.17) is 10.2 Å². The lowest BCUT2D eigenvalue weighted by Crippen LogP contribution is -2.27. The maximum Gasteiger partial charge on any atom is 0.316 e. The summed E-state index contributed by atoms with van der Waals surface area (Å²) in [7, 11) is 0. The number of nitrogens with one attached hydrogen (secondary N) is 2. The molecule has 0 saturated heterocycles. The minimum atomic E-state index is -0.624. The number of amides is 3. The molecule has 2 aromatic heterocycles. The van der Waals surface area contributed by atoms with Gasteiger partial charge in [-0.25, -0.2) is 9.78 Å². The van der Waals surface area contributed by atoms with Crippen molar-refractivity contribution in [3.63, 3.8) is 0 Å². The molecule has 0 aliphatic heterocycles. The van der Waals surface area contributed by atoms with E-state index >= 15 is 0 Å². The zero-order chi connectivity index (χ0) is 21.1. The number of nitrogens with two attached hydrogens (primary N) is 1. The summed E-state index contributed by atoms with van der Waals surface area (Å²) >= 11 is 0. The van der Waals surface area contributed by atoms with E-state index in [-0.39, 0.29) is 11.9 Å². The minimum Gasteiger partial charge on any atom is -0.463 e. The Bertz CT molecular complexity index is 1200. The van der Waals surface area contributed by atoms with Gasteiger partial charge in [-0.3, -0.25) is 4.79 Å². The van der Waals surface area contributed by atoms with Crippen molar-refractivity contribution < 1.29 is 14.0 Å². The first-order valence-corrected chi connectivity index (χ1v) is 9.42. The van der Waals surface area contributed by atoms with Crippen LogP contribution in [-0.4, -0.2) is 16.9 Å². The van der Waals surface area contributed by atoms with E-state index in [9.17, 15) is 9.59 Å².